The van der Waals surface area contributed by atoms with E-state index < -0.39 is 12.8 Å². The highest BCUT2D eigenvalue weighted by molar-refractivity contribution is 9.10. The van der Waals surface area contributed by atoms with Crippen LogP contribution >= 0.6 is 31.9 Å². The number of hydrogen-bond acceptors (Lipinski definition) is 2. The van der Waals surface area contributed by atoms with Crippen molar-refractivity contribution in [3.8, 4) is 5.75 Å². The van der Waals surface area contributed by atoms with Gasteiger partial charge in [-0.3, -0.25) is 0 Å². The molecule has 0 heterocycles. The van der Waals surface area contributed by atoms with E-state index in [1.807, 2.05) is 19.1 Å². The third-order valence-electron chi connectivity index (χ3n) is 2.63. The minimum Gasteiger partial charge on any atom is -0.496 e. The van der Waals surface area contributed by atoms with E-state index in [2.05, 4.69) is 36.6 Å². The Balaban J connectivity index is 2.63. The molecule has 2 nitrogen and oxygen atoms in total. The van der Waals surface area contributed by atoms with Crippen molar-refractivity contribution in [1.29, 1.82) is 0 Å². The highest BCUT2D eigenvalue weighted by atomic mass is 79.9. The normalized spacial score (nSPS) is 13.3. The van der Waals surface area contributed by atoms with Gasteiger partial charge in [0.15, 0.2) is 0 Å². The van der Waals surface area contributed by atoms with Crippen molar-refractivity contribution in [2.75, 3.05) is 20.3 Å². The first kappa shape index (κ1) is 17.8. The van der Waals surface area contributed by atoms with Gasteiger partial charge >= 0.3 is 6.18 Å². The smallest absolute Gasteiger partial charge is 0.411 e. The minimum absolute atomic E-state index is 0.0179. The quantitative estimate of drug-likeness (QED) is 0.467. The van der Waals surface area contributed by atoms with Gasteiger partial charge in [-0.05, 0) is 31.0 Å². The molecule has 0 aromatic heterocycles. The summed E-state index contributed by atoms with van der Waals surface area (Å²) in [5.41, 5.74) is 1.90. The van der Waals surface area contributed by atoms with Gasteiger partial charge in [0.05, 0.1) is 7.11 Å². The van der Waals surface area contributed by atoms with E-state index >= 15 is 0 Å². The molecule has 0 aliphatic rings. The minimum atomic E-state index is -4.29. The van der Waals surface area contributed by atoms with Gasteiger partial charge < -0.3 is 9.47 Å². The summed E-state index contributed by atoms with van der Waals surface area (Å²) in [6.07, 6.45) is -3.87. The summed E-state index contributed by atoms with van der Waals surface area (Å²) < 4.78 is 46.7. The van der Waals surface area contributed by atoms with Gasteiger partial charge in [0, 0.05) is 21.5 Å². The Hall–Kier alpha value is -0.270. The SMILES string of the molecule is COc1cc(C)c(Br)cc1C(Br)CCOCC(F)(F)F. The van der Waals surface area contributed by atoms with Crippen LogP contribution in [0.3, 0.4) is 0 Å². The zero-order valence-corrected chi connectivity index (χ0v) is 14.2. The third kappa shape index (κ3) is 5.61. The summed E-state index contributed by atoms with van der Waals surface area (Å²) >= 11 is 6.88. The first-order valence-corrected chi connectivity index (χ1v) is 7.58. The lowest BCUT2D eigenvalue weighted by Crippen LogP contribution is -2.17. The first-order chi connectivity index (χ1) is 9.24. The second-order valence-corrected chi connectivity index (χ2v) is 6.23. The molecule has 0 amide bonds. The summed E-state index contributed by atoms with van der Waals surface area (Å²) in [5.74, 6) is 0.698. The highest BCUT2D eigenvalue weighted by Crippen LogP contribution is 2.37. The first-order valence-electron chi connectivity index (χ1n) is 5.87. The van der Waals surface area contributed by atoms with Gasteiger partial charge in [0.25, 0.3) is 0 Å². The number of ether oxygens (including phenoxy) is 2. The van der Waals surface area contributed by atoms with Crippen LogP contribution < -0.4 is 4.74 Å². The predicted molar refractivity (Wildman–Crippen MR) is 78.6 cm³/mol. The zero-order valence-electron chi connectivity index (χ0n) is 11.1. The number of hydrogen-bond donors (Lipinski definition) is 0. The topological polar surface area (TPSA) is 18.5 Å². The lowest BCUT2D eigenvalue weighted by atomic mass is 10.1. The van der Waals surface area contributed by atoms with Gasteiger partial charge in [-0.2, -0.15) is 13.2 Å². The molecule has 7 heteroatoms. The summed E-state index contributed by atoms with van der Waals surface area (Å²) in [4.78, 5) is -0.136. The maximum atomic E-state index is 12.0. The second-order valence-electron chi connectivity index (χ2n) is 4.27. The Kier molecular flexibility index (Phi) is 6.81. The molecular formula is C13H15Br2F3O2. The van der Waals surface area contributed by atoms with E-state index in [-0.39, 0.29) is 11.4 Å². The Bertz CT molecular complexity index is 450. The molecule has 20 heavy (non-hydrogen) atoms. The van der Waals surface area contributed by atoms with E-state index in [0.717, 1.165) is 15.6 Å². The number of rotatable bonds is 6. The van der Waals surface area contributed by atoms with E-state index in [1.165, 1.54) is 0 Å². The Morgan fingerprint density at radius 2 is 1.95 bits per heavy atom. The van der Waals surface area contributed by atoms with Gasteiger partial charge in [-0.15, -0.1) is 0 Å². The fourth-order valence-electron chi connectivity index (χ4n) is 1.62. The van der Waals surface area contributed by atoms with Crippen molar-refractivity contribution in [2.45, 2.75) is 24.3 Å². The largest absolute Gasteiger partial charge is 0.496 e. The van der Waals surface area contributed by atoms with E-state index in [4.69, 9.17) is 4.74 Å². The lowest BCUT2D eigenvalue weighted by molar-refractivity contribution is -0.174. The molecule has 0 radical (unpaired) electrons. The number of methoxy groups -OCH3 is 1. The molecule has 0 N–H and O–H groups in total. The van der Waals surface area contributed by atoms with E-state index in [1.54, 1.807) is 7.11 Å². The van der Waals surface area contributed by atoms with Gasteiger partial charge in [-0.25, -0.2) is 0 Å². The Labute approximate surface area is 132 Å². The van der Waals surface area contributed by atoms with Crippen LogP contribution in [-0.4, -0.2) is 26.5 Å². The van der Waals surface area contributed by atoms with Crippen LogP contribution in [0.5, 0.6) is 5.75 Å². The number of benzene rings is 1. The van der Waals surface area contributed by atoms with Crippen molar-refractivity contribution < 1.29 is 22.6 Å². The van der Waals surface area contributed by atoms with Crippen LogP contribution in [0.25, 0.3) is 0 Å². The lowest BCUT2D eigenvalue weighted by Gasteiger charge is -2.16. The van der Waals surface area contributed by atoms with Crippen LogP contribution in [0.15, 0.2) is 16.6 Å². The molecule has 0 spiro atoms. The second kappa shape index (κ2) is 7.66. The van der Waals surface area contributed by atoms with Crippen molar-refractivity contribution in [3.63, 3.8) is 0 Å². The summed E-state index contributed by atoms with van der Waals surface area (Å²) in [6, 6.07) is 3.78. The van der Waals surface area contributed by atoms with Gasteiger partial charge in [0.1, 0.15) is 12.4 Å². The molecule has 0 fully saturated rings. The van der Waals surface area contributed by atoms with Crippen LogP contribution in [-0.2, 0) is 4.74 Å². The maximum Gasteiger partial charge on any atom is 0.411 e. The number of aryl methyl sites for hydroxylation is 1. The molecule has 1 rings (SSSR count). The summed E-state index contributed by atoms with van der Waals surface area (Å²) in [5, 5.41) is 0. The monoisotopic (exact) mass is 418 g/mol. The molecule has 0 aliphatic carbocycles. The number of halogens is 5. The molecule has 0 saturated carbocycles. The third-order valence-corrected chi connectivity index (χ3v) is 4.44. The molecule has 0 aliphatic heterocycles. The average Bonchev–Trinajstić information content (AvgIpc) is 2.36. The molecule has 114 valence electrons. The molecule has 0 saturated heterocycles. The maximum absolute atomic E-state index is 12.0. The molecule has 1 aromatic carbocycles. The van der Waals surface area contributed by atoms with Crippen molar-refractivity contribution in [1.82, 2.24) is 0 Å². The summed E-state index contributed by atoms with van der Waals surface area (Å²) in [6.45, 7) is 0.734. The van der Waals surface area contributed by atoms with Crippen molar-refractivity contribution >= 4 is 31.9 Å². The van der Waals surface area contributed by atoms with Crippen LogP contribution in [0.4, 0.5) is 13.2 Å². The summed E-state index contributed by atoms with van der Waals surface area (Å²) in [7, 11) is 1.56. The van der Waals surface area contributed by atoms with Crippen molar-refractivity contribution in [3.05, 3.63) is 27.7 Å². The van der Waals surface area contributed by atoms with E-state index in [9.17, 15) is 13.2 Å². The van der Waals surface area contributed by atoms with Gasteiger partial charge in [0.2, 0.25) is 0 Å². The molecule has 1 atom stereocenters. The average molecular weight is 420 g/mol. The molecule has 1 aromatic rings. The molecule has 1 unspecified atom stereocenters. The highest BCUT2D eigenvalue weighted by Gasteiger charge is 2.27. The fraction of sp³-hybridized carbons (Fsp3) is 0.538. The van der Waals surface area contributed by atoms with Gasteiger partial charge in [-0.1, -0.05) is 31.9 Å². The van der Waals surface area contributed by atoms with Crippen LogP contribution in [0.1, 0.15) is 22.4 Å². The van der Waals surface area contributed by atoms with Crippen LogP contribution in [0, 0.1) is 6.92 Å². The Morgan fingerprint density at radius 3 is 2.50 bits per heavy atom. The predicted octanol–water partition coefficient (Wildman–Crippen LogP) is 5.17. The molecular weight excluding hydrogens is 405 g/mol. The standard InChI is InChI=1S/C13H15Br2F3O2/c1-8-5-12(19-2)9(6-11(8)15)10(14)3-4-20-7-13(16,17)18/h5-6,10H,3-4,7H2,1-2H3. The molecule has 0 bridgehead atoms. The van der Waals surface area contributed by atoms with Crippen LogP contribution in [0.2, 0.25) is 0 Å². The van der Waals surface area contributed by atoms with E-state index in [0.29, 0.717) is 12.2 Å². The van der Waals surface area contributed by atoms with Crippen molar-refractivity contribution in [2.24, 2.45) is 0 Å². The fourth-order valence-corrected chi connectivity index (χ4v) is 2.53. The number of alkyl halides is 4. The zero-order chi connectivity index (χ0) is 15.3. The Morgan fingerprint density at radius 1 is 1.30 bits per heavy atom.